The van der Waals surface area contributed by atoms with Crippen molar-refractivity contribution >= 4 is 23.0 Å². The van der Waals surface area contributed by atoms with Crippen LogP contribution in [0.4, 0.5) is 4.39 Å². The normalized spacial score (nSPS) is 17.7. The second-order valence-corrected chi connectivity index (χ2v) is 6.21. The Hall–Kier alpha value is -2.08. The number of ketones is 1. The Morgan fingerprint density at radius 1 is 1.36 bits per heavy atom. The molecule has 6 heteroatoms. The third kappa shape index (κ3) is 3.06. The molecule has 0 saturated carbocycles. The van der Waals surface area contributed by atoms with Crippen LogP contribution in [-0.2, 0) is 0 Å². The van der Waals surface area contributed by atoms with Gasteiger partial charge < -0.3 is 4.90 Å². The highest BCUT2D eigenvalue weighted by Crippen LogP contribution is 2.24. The van der Waals surface area contributed by atoms with Crippen LogP contribution in [0.5, 0.6) is 0 Å². The molecule has 0 aliphatic carbocycles. The number of nitrogens with zero attached hydrogens (tertiary/aromatic N) is 2. The van der Waals surface area contributed by atoms with Crippen molar-refractivity contribution in [2.45, 2.75) is 25.3 Å². The summed E-state index contributed by atoms with van der Waals surface area (Å²) in [7, 11) is 0. The molecule has 0 radical (unpaired) electrons. The monoisotopic (exact) mass is 318 g/mol. The molecule has 3 heterocycles. The zero-order valence-electron chi connectivity index (χ0n) is 11.9. The molecule has 4 nitrogen and oxygen atoms in total. The van der Waals surface area contributed by atoms with Gasteiger partial charge in [0.2, 0.25) is 0 Å². The molecule has 22 heavy (non-hydrogen) atoms. The summed E-state index contributed by atoms with van der Waals surface area (Å²) in [6.07, 6.45) is 3.04. The standard InChI is InChI=1S/C16H15FN2O2S/c17-11-5-6-13(18-10-11)16(21)19-7-1-3-12(19)9-14(20)15-4-2-8-22-15/h2,4-6,8,10,12H,1,3,7,9H2/t12-/m1/s1. The van der Waals surface area contributed by atoms with Crippen LogP contribution < -0.4 is 0 Å². The Bertz CT molecular complexity index is 670. The molecule has 3 rings (SSSR count). The summed E-state index contributed by atoms with van der Waals surface area (Å²) in [4.78, 5) is 30.9. The number of halogens is 1. The Morgan fingerprint density at radius 2 is 2.23 bits per heavy atom. The van der Waals surface area contributed by atoms with E-state index in [4.69, 9.17) is 0 Å². The summed E-state index contributed by atoms with van der Waals surface area (Å²) in [5.74, 6) is -0.643. The predicted molar refractivity (Wildman–Crippen MR) is 81.5 cm³/mol. The lowest BCUT2D eigenvalue weighted by Crippen LogP contribution is -2.37. The highest BCUT2D eigenvalue weighted by atomic mass is 32.1. The number of pyridine rings is 1. The Balaban J connectivity index is 1.71. The molecule has 1 amide bonds. The van der Waals surface area contributed by atoms with Crippen LogP contribution in [0.2, 0.25) is 0 Å². The third-order valence-electron chi connectivity index (χ3n) is 3.80. The number of thiophene rings is 1. The average molecular weight is 318 g/mol. The highest BCUT2D eigenvalue weighted by Gasteiger charge is 2.31. The van der Waals surface area contributed by atoms with Crippen LogP contribution in [0.3, 0.4) is 0 Å². The Kier molecular flexibility index (Phi) is 4.29. The van der Waals surface area contributed by atoms with Crippen LogP contribution >= 0.6 is 11.3 Å². The fraction of sp³-hybridized carbons (Fsp3) is 0.312. The molecule has 2 aromatic heterocycles. The summed E-state index contributed by atoms with van der Waals surface area (Å²) < 4.78 is 12.9. The van der Waals surface area contributed by atoms with Gasteiger partial charge in [-0.25, -0.2) is 9.37 Å². The van der Waals surface area contributed by atoms with E-state index in [2.05, 4.69) is 4.98 Å². The van der Waals surface area contributed by atoms with Gasteiger partial charge >= 0.3 is 0 Å². The number of carbonyl (C=O) groups excluding carboxylic acids is 2. The van der Waals surface area contributed by atoms with Crippen LogP contribution in [0.25, 0.3) is 0 Å². The van der Waals surface area contributed by atoms with E-state index in [0.29, 0.717) is 13.0 Å². The Labute approximate surface area is 131 Å². The number of hydrogen-bond donors (Lipinski definition) is 0. The van der Waals surface area contributed by atoms with Crippen LogP contribution in [0.1, 0.15) is 39.4 Å². The van der Waals surface area contributed by atoms with Crippen molar-refractivity contribution in [2.75, 3.05) is 6.54 Å². The first-order valence-corrected chi connectivity index (χ1v) is 8.02. The van der Waals surface area contributed by atoms with Crippen molar-refractivity contribution in [1.82, 2.24) is 9.88 Å². The van der Waals surface area contributed by atoms with Gasteiger partial charge in [0.25, 0.3) is 5.91 Å². The van der Waals surface area contributed by atoms with Crippen LogP contribution in [0.15, 0.2) is 35.8 Å². The predicted octanol–water partition coefficient (Wildman–Crippen LogP) is 3.16. The summed E-state index contributed by atoms with van der Waals surface area (Å²) in [6.45, 7) is 0.611. The largest absolute Gasteiger partial charge is 0.334 e. The van der Waals surface area contributed by atoms with E-state index >= 15 is 0 Å². The maximum Gasteiger partial charge on any atom is 0.272 e. The summed E-state index contributed by atoms with van der Waals surface area (Å²) in [6, 6.07) is 6.15. The molecule has 1 fully saturated rings. The molecular weight excluding hydrogens is 303 g/mol. The van der Waals surface area contributed by atoms with Gasteiger partial charge in [-0.3, -0.25) is 9.59 Å². The first-order valence-electron chi connectivity index (χ1n) is 7.14. The van der Waals surface area contributed by atoms with Gasteiger partial charge in [0.1, 0.15) is 11.5 Å². The molecule has 2 aromatic rings. The first-order chi connectivity index (χ1) is 10.6. The second kappa shape index (κ2) is 6.36. The van der Waals surface area contributed by atoms with Gasteiger partial charge in [-0.05, 0) is 36.4 Å². The fourth-order valence-electron chi connectivity index (χ4n) is 2.72. The van der Waals surface area contributed by atoms with Crippen molar-refractivity contribution in [3.8, 4) is 0 Å². The van der Waals surface area contributed by atoms with E-state index in [1.165, 1.54) is 23.5 Å². The zero-order chi connectivity index (χ0) is 15.5. The van der Waals surface area contributed by atoms with Gasteiger partial charge in [0.05, 0.1) is 11.1 Å². The third-order valence-corrected chi connectivity index (χ3v) is 4.71. The van der Waals surface area contributed by atoms with Crippen molar-refractivity contribution in [3.63, 3.8) is 0 Å². The molecule has 1 aliphatic rings. The topological polar surface area (TPSA) is 50.3 Å². The molecular formula is C16H15FN2O2S. The smallest absolute Gasteiger partial charge is 0.272 e. The summed E-state index contributed by atoms with van der Waals surface area (Å²) in [5, 5.41) is 1.87. The molecule has 0 unspecified atom stereocenters. The Morgan fingerprint density at radius 3 is 2.91 bits per heavy atom. The number of Topliss-reactive ketones (excluding diaryl/α,β-unsaturated/α-hetero) is 1. The lowest BCUT2D eigenvalue weighted by molar-refractivity contribution is 0.0712. The summed E-state index contributed by atoms with van der Waals surface area (Å²) in [5.41, 5.74) is 0.219. The van der Waals surface area contributed by atoms with Gasteiger partial charge in [0, 0.05) is 19.0 Å². The second-order valence-electron chi connectivity index (χ2n) is 5.26. The van der Waals surface area contributed by atoms with E-state index in [1.54, 1.807) is 11.0 Å². The molecule has 0 N–H and O–H groups in total. The van der Waals surface area contributed by atoms with Crippen molar-refractivity contribution in [2.24, 2.45) is 0 Å². The maximum atomic E-state index is 12.9. The quantitative estimate of drug-likeness (QED) is 0.814. The number of rotatable bonds is 4. The zero-order valence-corrected chi connectivity index (χ0v) is 12.7. The molecule has 114 valence electrons. The van der Waals surface area contributed by atoms with Crippen LogP contribution in [0, 0.1) is 5.82 Å². The van der Waals surface area contributed by atoms with E-state index in [1.807, 2.05) is 11.4 Å². The van der Waals surface area contributed by atoms with Gasteiger partial charge in [-0.1, -0.05) is 6.07 Å². The maximum absolute atomic E-state index is 12.9. The van der Waals surface area contributed by atoms with Gasteiger partial charge in [-0.15, -0.1) is 11.3 Å². The molecule has 1 aliphatic heterocycles. The van der Waals surface area contributed by atoms with Crippen molar-refractivity contribution < 1.29 is 14.0 Å². The van der Waals surface area contributed by atoms with Crippen molar-refractivity contribution in [1.29, 1.82) is 0 Å². The highest BCUT2D eigenvalue weighted by molar-refractivity contribution is 7.12. The molecule has 0 bridgehead atoms. The summed E-state index contributed by atoms with van der Waals surface area (Å²) >= 11 is 1.42. The number of amides is 1. The minimum atomic E-state index is -0.470. The number of likely N-dealkylation sites (tertiary alicyclic amines) is 1. The van der Waals surface area contributed by atoms with E-state index in [-0.39, 0.29) is 23.4 Å². The minimum Gasteiger partial charge on any atom is -0.334 e. The molecule has 0 spiro atoms. The lowest BCUT2D eigenvalue weighted by Gasteiger charge is -2.23. The minimum absolute atomic E-state index is 0.0618. The molecule has 0 aromatic carbocycles. The number of aromatic nitrogens is 1. The van der Waals surface area contributed by atoms with E-state index < -0.39 is 5.82 Å². The van der Waals surface area contributed by atoms with Crippen LogP contribution in [-0.4, -0.2) is 34.2 Å². The van der Waals surface area contributed by atoms with E-state index in [9.17, 15) is 14.0 Å². The van der Waals surface area contributed by atoms with Crippen molar-refractivity contribution in [3.05, 3.63) is 52.2 Å². The SMILES string of the molecule is O=C(C[C@H]1CCCN1C(=O)c1ccc(F)cn1)c1cccs1. The number of carbonyl (C=O) groups is 2. The fourth-order valence-corrected chi connectivity index (χ4v) is 3.39. The molecule has 1 saturated heterocycles. The van der Waals surface area contributed by atoms with Gasteiger partial charge in [0.15, 0.2) is 5.78 Å². The average Bonchev–Trinajstić information content (AvgIpc) is 3.18. The first kappa shape index (κ1) is 14.8. The lowest BCUT2D eigenvalue weighted by atomic mass is 10.1. The van der Waals surface area contributed by atoms with E-state index in [0.717, 1.165) is 23.9 Å². The molecule has 1 atom stereocenters. The number of hydrogen-bond acceptors (Lipinski definition) is 4. The van der Waals surface area contributed by atoms with Gasteiger partial charge in [-0.2, -0.15) is 0 Å².